The number of H-pyrrole nitrogens is 1. The van der Waals surface area contributed by atoms with Crippen LogP contribution in [0.3, 0.4) is 0 Å². The second-order valence-electron chi connectivity index (χ2n) is 10.6. The van der Waals surface area contributed by atoms with Gasteiger partial charge in [0, 0.05) is 42.3 Å². The lowest BCUT2D eigenvalue weighted by Gasteiger charge is -2.20. The minimum atomic E-state index is -3.82. The molecule has 0 bridgehead atoms. The number of carbonyl (C=O) groups excluding carboxylic acids is 2. The quantitative estimate of drug-likeness (QED) is 0.382. The number of amides is 2. The fourth-order valence-electron chi connectivity index (χ4n) is 5.98. The van der Waals surface area contributed by atoms with Gasteiger partial charge in [-0.1, -0.05) is 18.2 Å². The molecule has 2 amide bonds. The van der Waals surface area contributed by atoms with Gasteiger partial charge in [-0.05, 0) is 87.7 Å². The van der Waals surface area contributed by atoms with Gasteiger partial charge in [-0.2, -0.15) is 0 Å². The molecule has 1 aromatic heterocycles. The van der Waals surface area contributed by atoms with Crippen molar-refractivity contribution in [3.8, 4) is 0 Å². The van der Waals surface area contributed by atoms with E-state index in [4.69, 9.17) is 0 Å². The van der Waals surface area contributed by atoms with E-state index >= 15 is 0 Å². The highest BCUT2D eigenvalue weighted by Gasteiger charge is 2.33. The zero-order chi connectivity index (χ0) is 28.0. The first kappa shape index (κ1) is 26.3. The number of aromatic nitrogens is 1. The number of likely N-dealkylation sites (tertiary alicyclic amines) is 1. The first-order valence-corrected chi connectivity index (χ1v) is 15.2. The van der Waals surface area contributed by atoms with E-state index in [1.54, 1.807) is 18.2 Å². The summed E-state index contributed by atoms with van der Waals surface area (Å²) >= 11 is 0. The maximum Gasteiger partial charge on any atom is 0.264 e. The van der Waals surface area contributed by atoms with Gasteiger partial charge in [-0.15, -0.1) is 0 Å². The van der Waals surface area contributed by atoms with Crippen LogP contribution in [0.25, 0.3) is 11.6 Å². The molecular weight excluding hydrogens is 526 g/mol. The van der Waals surface area contributed by atoms with Crippen LogP contribution >= 0.6 is 0 Å². The highest BCUT2D eigenvalue weighted by molar-refractivity contribution is 7.92. The summed E-state index contributed by atoms with van der Waals surface area (Å²) in [5.74, 6) is -0.468. The van der Waals surface area contributed by atoms with Gasteiger partial charge in [-0.25, -0.2) is 8.42 Å². The van der Waals surface area contributed by atoms with E-state index in [2.05, 4.69) is 20.5 Å². The molecule has 40 heavy (non-hydrogen) atoms. The molecule has 0 unspecified atom stereocenters. The van der Waals surface area contributed by atoms with Crippen molar-refractivity contribution < 1.29 is 18.0 Å². The van der Waals surface area contributed by atoms with Gasteiger partial charge in [0.1, 0.15) is 0 Å². The van der Waals surface area contributed by atoms with Crippen LogP contribution < -0.4 is 14.9 Å². The minimum absolute atomic E-state index is 0.128. The smallest absolute Gasteiger partial charge is 0.264 e. The molecule has 10 heteroatoms. The van der Waals surface area contributed by atoms with Gasteiger partial charge in [0.2, 0.25) is 0 Å². The molecule has 6 rings (SSSR count). The lowest BCUT2D eigenvalue weighted by atomic mass is 10.0. The average molecular weight is 560 g/mol. The zero-order valence-electron chi connectivity index (χ0n) is 22.7. The maximum absolute atomic E-state index is 13.6. The molecule has 4 heterocycles. The lowest BCUT2D eigenvalue weighted by Crippen LogP contribution is -2.33. The maximum atomic E-state index is 13.6. The number of carbonyl (C=O) groups is 2. The fraction of sp³-hybridized carbons (Fsp3) is 0.333. The number of aromatic amines is 1. The number of para-hydroxylation sites is 1. The molecule has 1 saturated heterocycles. The molecule has 208 valence electrons. The minimum Gasteiger partial charge on any atom is -0.358 e. The summed E-state index contributed by atoms with van der Waals surface area (Å²) in [6, 6.07) is 12.2. The van der Waals surface area contributed by atoms with Crippen molar-refractivity contribution in [2.75, 3.05) is 42.3 Å². The monoisotopic (exact) mass is 559 g/mol. The Hall–Kier alpha value is -3.89. The van der Waals surface area contributed by atoms with Crippen LogP contribution in [0.1, 0.15) is 51.3 Å². The molecule has 3 N–H and O–H groups in total. The van der Waals surface area contributed by atoms with E-state index in [1.807, 2.05) is 38.1 Å². The van der Waals surface area contributed by atoms with Crippen molar-refractivity contribution in [2.45, 2.75) is 38.0 Å². The molecule has 0 aliphatic carbocycles. The van der Waals surface area contributed by atoms with Crippen LogP contribution in [0, 0.1) is 13.8 Å². The summed E-state index contributed by atoms with van der Waals surface area (Å²) in [7, 11) is -3.82. The number of rotatable bonds is 7. The molecular formula is C30H33N5O4S. The Morgan fingerprint density at radius 2 is 1.85 bits per heavy atom. The van der Waals surface area contributed by atoms with Gasteiger partial charge in [-0.3, -0.25) is 13.9 Å². The van der Waals surface area contributed by atoms with Crippen molar-refractivity contribution in [1.29, 1.82) is 0 Å². The number of fused-ring (bicyclic) bond motifs is 2. The van der Waals surface area contributed by atoms with Crippen molar-refractivity contribution in [3.63, 3.8) is 0 Å². The Morgan fingerprint density at radius 1 is 1.07 bits per heavy atom. The topological polar surface area (TPSA) is 115 Å². The summed E-state index contributed by atoms with van der Waals surface area (Å²) in [5, 5.41) is 5.86. The first-order valence-electron chi connectivity index (χ1n) is 13.7. The van der Waals surface area contributed by atoms with Crippen LogP contribution in [0.15, 0.2) is 47.4 Å². The van der Waals surface area contributed by atoms with Crippen molar-refractivity contribution in [2.24, 2.45) is 0 Å². The largest absolute Gasteiger partial charge is 0.358 e. The predicted molar refractivity (Wildman–Crippen MR) is 156 cm³/mol. The predicted octanol–water partition coefficient (Wildman–Crippen LogP) is 3.70. The summed E-state index contributed by atoms with van der Waals surface area (Å²) < 4.78 is 28.7. The van der Waals surface area contributed by atoms with E-state index in [9.17, 15) is 18.0 Å². The summed E-state index contributed by atoms with van der Waals surface area (Å²) in [4.78, 5) is 31.7. The Balaban J connectivity index is 1.27. The molecule has 1 fully saturated rings. The highest BCUT2D eigenvalue weighted by Crippen LogP contribution is 2.38. The van der Waals surface area contributed by atoms with E-state index < -0.39 is 10.0 Å². The standard InChI is InChI=1S/C30H33N5O4S/c1-19-26(32-20(2)28(19)30(37)31-12-16-34-13-5-6-14-34)18-24-23-17-22(9-10-25(23)33-29(24)36)40(38,39)35-15-11-21-7-3-4-8-27(21)35/h3-4,7-10,17-18,32H,5-6,11-16H2,1-2H3,(H,31,37)(H,33,36). The van der Waals surface area contributed by atoms with Gasteiger partial charge in [0.05, 0.1) is 21.7 Å². The molecule has 9 nitrogen and oxygen atoms in total. The summed E-state index contributed by atoms with van der Waals surface area (Å²) in [5.41, 5.74) is 5.76. The van der Waals surface area contributed by atoms with Crippen molar-refractivity contribution in [1.82, 2.24) is 15.2 Å². The van der Waals surface area contributed by atoms with Crippen molar-refractivity contribution >= 4 is 44.9 Å². The normalized spacial score (nSPS) is 17.8. The Morgan fingerprint density at radius 3 is 2.65 bits per heavy atom. The number of sulfonamides is 1. The van der Waals surface area contributed by atoms with Crippen LogP contribution in [-0.2, 0) is 21.2 Å². The Kier molecular flexibility index (Phi) is 6.75. The van der Waals surface area contributed by atoms with Crippen LogP contribution in [0.5, 0.6) is 0 Å². The van der Waals surface area contributed by atoms with Crippen LogP contribution in [0.4, 0.5) is 11.4 Å². The van der Waals surface area contributed by atoms with Crippen LogP contribution in [0.2, 0.25) is 0 Å². The Labute approximate surface area is 234 Å². The summed E-state index contributed by atoms with van der Waals surface area (Å²) in [6.45, 7) is 7.63. The molecule has 3 aliphatic rings. The molecule has 3 aromatic rings. The number of nitrogens with one attached hydrogen (secondary N) is 3. The van der Waals surface area contributed by atoms with E-state index in [0.29, 0.717) is 59.0 Å². The average Bonchev–Trinajstić information content (AvgIpc) is 3.71. The molecule has 0 radical (unpaired) electrons. The molecule has 0 atom stereocenters. The van der Waals surface area contributed by atoms with E-state index in [1.165, 1.54) is 23.2 Å². The number of benzene rings is 2. The number of aryl methyl sites for hydroxylation is 1. The number of hydrogen-bond acceptors (Lipinski definition) is 5. The van der Waals surface area contributed by atoms with E-state index in [-0.39, 0.29) is 16.7 Å². The second kappa shape index (κ2) is 10.3. The van der Waals surface area contributed by atoms with Gasteiger partial charge in [0.25, 0.3) is 21.8 Å². The van der Waals surface area contributed by atoms with Gasteiger partial charge >= 0.3 is 0 Å². The van der Waals surface area contributed by atoms with Crippen molar-refractivity contribution in [3.05, 3.63) is 76.1 Å². The fourth-order valence-corrected chi connectivity index (χ4v) is 7.51. The number of nitrogens with zero attached hydrogens (tertiary/aromatic N) is 2. The molecule has 2 aromatic carbocycles. The third-order valence-corrected chi connectivity index (χ3v) is 9.92. The third kappa shape index (κ3) is 4.61. The van der Waals surface area contributed by atoms with Crippen LogP contribution in [-0.4, -0.2) is 62.8 Å². The summed E-state index contributed by atoms with van der Waals surface area (Å²) in [6.07, 6.45) is 4.77. The third-order valence-electron chi connectivity index (χ3n) is 8.11. The first-order chi connectivity index (χ1) is 19.2. The lowest BCUT2D eigenvalue weighted by molar-refractivity contribution is -0.110. The Bertz CT molecular complexity index is 1650. The second-order valence-corrected chi connectivity index (χ2v) is 12.5. The SMILES string of the molecule is Cc1[nH]c(C=C2C(=O)Nc3ccc(S(=O)(=O)N4CCc5ccccc54)cc32)c(C)c1C(=O)NCCN1CCCC1. The molecule has 0 spiro atoms. The number of hydrogen-bond donors (Lipinski definition) is 3. The molecule has 0 saturated carbocycles. The van der Waals surface area contributed by atoms with Gasteiger partial charge in [0.15, 0.2) is 0 Å². The highest BCUT2D eigenvalue weighted by atomic mass is 32.2. The molecule has 3 aliphatic heterocycles. The van der Waals surface area contributed by atoms with Gasteiger partial charge < -0.3 is 20.5 Å². The van der Waals surface area contributed by atoms with E-state index in [0.717, 1.165) is 30.8 Å². The number of anilines is 2. The zero-order valence-corrected chi connectivity index (χ0v) is 23.5.